The highest BCUT2D eigenvalue weighted by molar-refractivity contribution is 5.80. The number of para-hydroxylation sites is 2. The van der Waals surface area contributed by atoms with E-state index in [-0.39, 0.29) is 12.1 Å². The van der Waals surface area contributed by atoms with Gasteiger partial charge >= 0.3 is 5.69 Å². The summed E-state index contributed by atoms with van der Waals surface area (Å²) in [6, 6.07) is 16.7. The third-order valence-corrected chi connectivity index (χ3v) is 5.30. The fraction of sp³-hybridized carbons (Fsp3) is 0.160. The number of aromatic nitrogens is 3. The molecule has 0 N–H and O–H groups in total. The molecule has 0 radical (unpaired) electrons. The van der Waals surface area contributed by atoms with Crippen LogP contribution in [0.15, 0.2) is 70.8 Å². The van der Waals surface area contributed by atoms with Crippen molar-refractivity contribution in [3.05, 3.63) is 104 Å². The van der Waals surface area contributed by atoms with Crippen LogP contribution in [-0.2, 0) is 6.54 Å². The van der Waals surface area contributed by atoms with Crippen LogP contribution in [0.3, 0.4) is 0 Å². The van der Waals surface area contributed by atoms with Crippen molar-refractivity contribution < 1.29 is 4.74 Å². The minimum atomic E-state index is -0.465. The molecule has 2 aromatic carbocycles. The van der Waals surface area contributed by atoms with Gasteiger partial charge in [-0.05, 0) is 48.7 Å². The summed E-state index contributed by atoms with van der Waals surface area (Å²) in [6.45, 7) is 7.61. The van der Waals surface area contributed by atoms with Crippen molar-refractivity contribution in [1.82, 2.24) is 14.1 Å². The van der Waals surface area contributed by atoms with Gasteiger partial charge in [-0.15, -0.1) is 0 Å². The number of hydrogen-bond acceptors (Lipinski definition) is 4. The molecule has 0 spiro atoms. The number of pyridine rings is 1. The zero-order valence-corrected chi connectivity index (χ0v) is 17.8. The van der Waals surface area contributed by atoms with Crippen LogP contribution >= 0.6 is 0 Å². The highest BCUT2D eigenvalue weighted by atomic mass is 16.5. The zero-order valence-electron chi connectivity index (χ0n) is 17.8. The van der Waals surface area contributed by atoms with Gasteiger partial charge in [0.2, 0.25) is 0 Å². The zero-order chi connectivity index (χ0) is 22.1. The minimum Gasteiger partial charge on any atom is -0.495 e. The van der Waals surface area contributed by atoms with Crippen LogP contribution in [0.25, 0.3) is 22.8 Å². The predicted octanol–water partition coefficient (Wildman–Crippen LogP) is 3.86. The van der Waals surface area contributed by atoms with E-state index in [1.807, 2.05) is 56.3 Å². The first-order valence-electron chi connectivity index (χ1n) is 9.93. The molecule has 4 rings (SSSR count). The van der Waals surface area contributed by atoms with Crippen LogP contribution < -0.4 is 16.0 Å². The van der Waals surface area contributed by atoms with Crippen molar-refractivity contribution in [2.75, 3.05) is 7.11 Å². The van der Waals surface area contributed by atoms with Crippen LogP contribution in [0.2, 0.25) is 0 Å². The Hall–Kier alpha value is -3.93. The Kier molecular flexibility index (Phi) is 5.29. The molecule has 0 atom stereocenters. The number of fused-ring (bicyclic) bond motifs is 1. The maximum Gasteiger partial charge on any atom is 0.337 e. The van der Waals surface area contributed by atoms with Gasteiger partial charge in [0, 0.05) is 5.69 Å². The van der Waals surface area contributed by atoms with E-state index in [4.69, 9.17) is 4.74 Å². The van der Waals surface area contributed by atoms with Crippen molar-refractivity contribution in [2.24, 2.45) is 0 Å². The molecular weight excluding hydrogens is 390 g/mol. The molecule has 0 aliphatic heterocycles. The van der Waals surface area contributed by atoms with E-state index in [1.54, 1.807) is 25.3 Å². The van der Waals surface area contributed by atoms with E-state index >= 15 is 0 Å². The number of hydrogen-bond donors (Lipinski definition) is 0. The number of benzene rings is 2. The molecule has 0 aliphatic carbocycles. The molecule has 0 saturated heterocycles. The molecular formula is C25H23N3O3. The maximum absolute atomic E-state index is 13.6. The average Bonchev–Trinajstić information content (AvgIpc) is 2.77. The molecule has 0 unspecified atom stereocenters. The van der Waals surface area contributed by atoms with Crippen molar-refractivity contribution >= 4 is 17.1 Å². The molecule has 0 fully saturated rings. The Morgan fingerprint density at radius 3 is 2.45 bits per heavy atom. The summed E-state index contributed by atoms with van der Waals surface area (Å²) in [5.74, 6) is 0.521. The molecule has 0 bridgehead atoms. The van der Waals surface area contributed by atoms with Gasteiger partial charge in [0.25, 0.3) is 5.56 Å². The molecule has 156 valence electrons. The first kappa shape index (κ1) is 20.3. The van der Waals surface area contributed by atoms with Crippen LogP contribution in [-0.4, -0.2) is 21.2 Å². The average molecular weight is 413 g/mol. The van der Waals surface area contributed by atoms with Crippen molar-refractivity contribution in [3.8, 4) is 11.4 Å². The number of nitrogens with zero attached hydrogens (tertiary/aromatic N) is 3. The molecule has 0 saturated carbocycles. The van der Waals surface area contributed by atoms with Crippen LogP contribution in [0.1, 0.15) is 22.4 Å². The number of rotatable bonds is 5. The van der Waals surface area contributed by atoms with Crippen molar-refractivity contribution in [1.29, 1.82) is 0 Å². The van der Waals surface area contributed by atoms with Gasteiger partial charge < -0.3 is 4.74 Å². The largest absolute Gasteiger partial charge is 0.495 e. The Bertz CT molecular complexity index is 1410. The number of aryl methyl sites for hydroxylation is 2. The first-order chi connectivity index (χ1) is 14.9. The maximum atomic E-state index is 13.6. The van der Waals surface area contributed by atoms with Crippen molar-refractivity contribution in [3.63, 3.8) is 0 Å². The fourth-order valence-electron chi connectivity index (χ4n) is 3.79. The van der Waals surface area contributed by atoms with Gasteiger partial charge in [-0.25, -0.2) is 14.3 Å². The smallest absolute Gasteiger partial charge is 0.337 e. The standard InChI is InChI=1S/C25H23N3O3/c1-5-18-10-12-19(13-11-18)15-27-24(29)22-16(2)14-17(3)26-23(22)28(25(27)30)20-8-6-7-9-21(20)31-4/h5-14H,1,15H2,2-4H3. The third-order valence-electron chi connectivity index (χ3n) is 5.30. The summed E-state index contributed by atoms with van der Waals surface area (Å²) < 4.78 is 8.21. The molecule has 31 heavy (non-hydrogen) atoms. The SMILES string of the molecule is C=Cc1ccc(Cn2c(=O)c3c(C)cc(C)nc3n(-c3ccccc3OC)c2=O)cc1. The lowest BCUT2D eigenvalue weighted by Gasteiger charge is -2.17. The van der Waals surface area contributed by atoms with Gasteiger partial charge in [0.1, 0.15) is 5.75 Å². The Morgan fingerprint density at radius 1 is 1.06 bits per heavy atom. The van der Waals surface area contributed by atoms with Gasteiger partial charge in [-0.2, -0.15) is 0 Å². The first-order valence-corrected chi connectivity index (χ1v) is 9.93. The minimum absolute atomic E-state index is 0.146. The summed E-state index contributed by atoms with van der Waals surface area (Å²) in [7, 11) is 1.55. The lowest BCUT2D eigenvalue weighted by molar-refractivity contribution is 0.412. The Labute approximate surface area is 179 Å². The van der Waals surface area contributed by atoms with Crippen LogP contribution in [0, 0.1) is 13.8 Å². The predicted molar refractivity (Wildman–Crippen MR) is 123 cm³/mol. The van der Waals surface area contributed by atoms with E-state index in [0.29, 0.717) is 22.5 Å². The molecule has 6 nitrogen and oxygen atoms in total. The summed E-state index contributed by atoms with van der Waals surface area (Å²) in [6.07, 6.45) is 1.75. The topological polar surface area (TPSA) is 66.1 Å². The van der Waals surface area contributed by atoms with Gasteiger partial charge in [0.15, 0.2) is 5.65 Å². The van der Waals surface area contributed by atoms with Gasteiger partial charge in [-0.1, -0.05) is 49.1 Å². The summed E-state index contributed by atoms with van der Waals surface area (Å²) in [5.41, 5.74) is 3.35. The lowest BCUT2D eigenvalue weighted by atomic mass is 10.1. The summed E-state index contributed by atoms with van der Waals surface area (Å²) >= 11 is 0. The molecule has 4 aromatic rings. The summed E-state index contributed by atoms with van der Waals surface area (Å²) in [5, 5.41) is 0.416. The highest BCUT2D eigenvalue weighted by Gasteiger charge is 2.20. The van der Waals surface area contributed by atoms with E-state index in [0.717, 1.165) is 22.4 Å². The molecule has 2 aromatic heterocycles. The Balaban J connectivity index is 2.07. The number of ether oxygens (including phenoxy) is 1. The monoisotopic (exact) mass is 413 g/mol. The molecule has 2 heterocycles. The summed E-state index contributed by atoms with van der Waals surface area (Å²) in [4.78, 5) is 31.6. The third kappa shape index (κ3) is 3.57. The van der Waals surface area contributed by atoms with E-state index in [1.165, 1.54) is 9.13 Å². The van der Waals surface area contributed by atoms with Crippen molar-refractivity contribution in [2.45, 2.75) is 20.4 Å². The second-order valence-electron chi connectivity index (χ2n) is 7.41. The molecule has 0 aliphatic rings. The lowest BCUT2D eigenvalue weighted by Crippen LogP contribution is -2.40. The van der Waals surface area contributed by atoms with Gasteiger partial charge in [-0.3, -0.25) is 9.36 Å². The van der Waals surface area contributed by atoms with Gasteiger partial charge in [0.05, 0.1) is 24.7 Å². The molecule has 6 heteroatoms. The molecule has 0 amide bonds. The van der Waals surface area contributed by atoms with Crippen LogP contribution in [0.4, 0.5) is 0 Å². The van der Waals surface area contributed by atoms with E-state index in [9.17, 15) is 9.59 Å². The van der Waals surface area contributed by atoms with E-state index < -0.39 is 5.69 Å². The number of methoxy groups -OCH3 is 1. The second kappa shape index (κ2) is 8.07. The normalized spacial score (nSPS) is 10.9. The Morgan fingerprint density at radius 2 is 1.77 bits per heavy atom. The second-order valence-corrected chi connectivity index (χ2v) is 7.41. The van der Waals surface area contributed by atoms with Crippen LogP contribution in [0.5, 0.6) is 5.75 Å². The fourth-order valence-corrected chi connectivity index (χ4v) is 3.79. The van der Waals surface area contributed by atoms with E-state index in [2.05, 4.69) is 11.6 Å². The quantitative estimate of drug-likeness (QED) is 0.498. The highest BCUT2D eigenvalue weighted by Crippen LogP contribution is 2.24.